The van der Waals surface area contributed by atoms with Gasteiger partial charge in [-0.3, -0.25) is 4.98 Å². The molecule has 2 heteroatoms. The molecule has 1 unspecified atom stereocenters. The third kappa shape index (κ3) is 3.99. The van der Waals surface area contributed by atoms with Crippen molar-refractivity contribution in [3.8, 4) is 17.0 Å². The first-order valence-electron chi connectivity index (χ1n) is 10.3. The molecule has 2 nitrogen and oxygen atoms in total. The van der Waals surface area contributed by atoms with Gasteiger partial charge in [-0.25, -0.2) is 0 Å². The normalized spacial score (nSPS) is 12.5. The summed E-state index contributed by atoms with van der Waals surface area (Å²) in [6.45, 7) is 6.39. The lowest BCUT2D eigenvalue weighted by Gasteiger charge is -2.26. The zero-order valence-corrected chi connectivity index (χ0v) is 17.7. The highest BCUT2D eigenvalue weighted by Crippen LogP contribution is 2.42. The number of hydrogen-bond acceptors (Lipinski definition) is 2. The number of nitrogens with zero attached hydrogens (tertiary/aromatic N) is 1. The minimum absolute atomic E-state index is 0.0721. The topological polar surface area (TPSA) is 33.1 Å². The monoisotopic (exact) mass is 393 g/mol. The van der Waals surface area contributed by atoms with Gasteiger partial charge in [0.2, 0.25) is 0 Å². The molecule has 3 aromatic carbocycles. The van der Waals surface area contributed by atoms with Crippen LogP contribution in [-0.2, 0) is 5.41 Å². The molecule has 150 valence electrons. The van der Waals surface area contributed by atoms with E-state index in [0.717, 1.165) is 33.5 Å². The number of aromatic hydroxyl groups is 1. The van der Waals surface area contributed by atoms with E-state index in [1.54, 1.807) is 0 Å². The molecule has 0 spiro atoms. The maximum Gasteiger partial charge on any atom is 0.123 e. The molecule has 0 radical (unpaired) electrons. The molecule has 1 aromatic heterocycles. The van der Waals surface area contributed by atoms with Crippen LogP contribution < -0.4 is 0 Å². The van der Waals surface area contributed by atoms with Crippen LogP contribution in [0.25, 0.3) is 11.3 Å². The molecule has 0 saturated carbocycles. The fourth-order valence-electron chi connectivity index (χ4n) is 4.01. The van der Waals surface area contributed by atoms with Gasteiger partial charge in [0.05, 0.1) is 5.69 Å². The van der Waals surface area contributed by atoms with Gasteiger partial charge in [0.25, 0.3) is 0 Å². The van der Waals surface area contributed by atoms with Gasteiger partial charge in [-0.05, 0) is 40.3 Å². The SMILES string of the molecule is CC(C)(C)c1cccc(C(c2ccccc2)c2cccc(-c3ccccn3)c2)c1O. The molecule has 4 aromatic rings. The van der Waals surface area contributed by atoms with Crippen LogP contribution in [-0.4, -0.2) is 10.1 Å². The van der Waals surface area contributed by atoms with Gasteiger partial charge >= 0.3 is 0 Å². The van der Waals surface area contributed by atoms with E-state index in [4.69, 9.17) is 0 Å². The molecule has 30 heavy (non-hydrogen) atoms. The largest absolute Gasteiger partial charge is 0.507 e. The van der Waals surface area contributed by atoms with Gasteiger partial charge in [-0.2, -0.15) is 0 Å². The van der Waals surface area contributed by atoms with Crippen LogP contribution in [0.2, 0.25) is 0 Å². The summed E-state index contributed by atoms with van der Waals surface area (Å²) in [7, 11) is 0. The molecule has 0 saturated heterocycles. The van der Waals surface area contributed by atoms with Crippen molar-refractivity contribution in [1.29, 1.82) is 0 Å². The summed E-state index contributed by atoms with van der Waals surface area (Å²) in [5.74, 6) is 0.305. The summed E-state index contributed by atoms with van der Waals surface area (Å²) >= 11 is 0. The zero-order chi connectivity index (χ0) is 21.1. The average molecular weight is 394 g/mol. The van der Waals surface area contributed by atoms with Crippen molar-refractivity contribution in [3.63, 3.8) is 0 Å². The first-order valence-corrected chi connectivity index (χ1v) is 10.3. The van der Waals surface area contributed by atoms with Crippen molar-refractivity contribution in [2.45, 2.75) is 32.1 Å². The molecule has 0 aliphatic carbocycles. The molecular weight excluding hydrogens is 366 g/mol. The minimum atomic E-state index is -0.142. The average Bonchev–Trinajstić information content (AvgIpc) is 2.76. The fourth-order valence-corrected chi connectivity index (χ4v) is 4.01. The standard InChI is InChI=1S/C28H27NO/c1-28(2,3)24-16-10-15-23(27(24)30)26(20-11-5-4-6-12-20)22-14-9-13-21(19-22)25-17-7-8-18-29-25/h4-19,26,30H,1-3H3. The molecular formula is C28H27NO. The van der Waals surface area contributed by atoms with Crippen LogP contribution in [0.5, 0.6) is 5.75 Å². The predicted octanol–water partition coefficient (Wildman–Crippen LogP) is 6.93. The Balaban J connectivity index is 1.90. The van der Waals surface area contributed by atoms with Crippen LogP contribution in [0.3, 0.4) is 0 Å². The van der Waals surface area contributed by atoms with E-state index >= 15 is 0 Å². The molecule has 0 aliphatic rings. The van der Waals surface area contributed by atoms with Gasteiger partial charge in [-0.15, -0.1) is 0 Å². The third-order valence-electron chi connectivity index (χ3n) is 5.50. The number of pyridine rings is 1. The highest BCUT2D eigenvalue weighted by Gasteiger charge is 2.25. The molecule has 4 rings (SSSR count). The highest BCUT2D eigenvalue weighted by molar-refractivity contribution is 5.62. The molecule has 0 amide bonds. The Morgan fingerprint density at radius 3 is 2.13 bits per heavy atom. The number of phenolic OH excluding ortho intramolecular Hbond substituents is 1. The van der Waals surface area contributed by atoms with Crippen molar-refractivity contribution in [2.75, 3.05) is 0 Å². The van der Waals surface area contributed by atoms with E-state index < -0.39 is 0 Å². The summed E-state index contributed by atoms with van der Waals surface area (Å²) < 4.78 is 0. The van der Waals surface area contributed by atoms with Crippen LogP contribution >= 0.6 is 0 Å². The van der Waals surface area contributed by atoms with E-state index in [2.05, 4.69) is 74.3 Å². The molecule has 1 heterocycles. The Morgan fingerprint density at radius 2 is 1.43 bits per heavy atom. The molecule has 0 bridgehead atoms. The van der Waals surface area contributed by atoms with Crippen LogP contribution in [0.4, 0.5) is 0 Å². The number of phenols is 1. The van der Waals surface area contributed by atoms with Crippen molar-refractivity contribution < 1.29 is 5.11 Å². The second-order valence-electron chi connectivity index (χ2n) is 8.68. The molecule has 1 N–H and O–H groups in total. The summed E-state index contributed by atoms with van der Waals surface area (Å²) in [5.41, 5.74) is 6.03. The van der Waals surface area contributed by atoms with Crippen molar-refractivity contribution >= 4 is 0 Å². The van der Waals surface area contributed by atoms with E-state index in [0.29, 0.717) is 5.75 Å². The van der Waals surface area contributed by atoms with E-state index in [9.17, 15) is 5.11 Å². The lowest BCUT2D eigenvalue weighted by atomic mass is 9.79. The smallest absolute Gasteiger partial charge is 0.123 e. The van der Waals surface area contributed by atoms with Gasteiger partial charge in [0, 0.05) is 23.2 Å². The summed E-state index contributed by atoms with van der Waals surface area (Å²) in [5, 5.41) is 11.3. The second kappa shape index (κ2) is 8.16. The van der Waals surface area contributed by atoms with Crippen molar-refractivity contribution in [3.05, 3.63) is 119 Å². The van der Waals surface area contributed by atoms with E-state index in [1.807, 2.05) is 48.7 Å². The maximum absolute atomic E-state index is 11.3. The Bertz CT molecular complexity index is 1130. The van der Waals surface area contributed by atoms with Gasteiger partial charge in [0.15, 0.2) is 0 Å². The Hall–Kier alpha value is -3.39. The first-order chi connectivity index (χ1) is 14.4. The lowest BCUT2D eigenvalue weighted by Crippen LogP contribution is -2.13. The van der Waals surface area contributed by atoms with Gasteiger partial charge in [0.1, 0.15) is 5.75 Å². The number of para-hydroxylation sites is 1. The quantitative estimate of drug-likeness (QED) is 0.381. The fraction of sp³-hybridized carbons (Fsp3) is 0.179. The number of hydrogen-bond donors (Lipinski definition) is 1. The first kappa shape index (κ1) is 19.9. The number of aromatic nitrogens is 1. The summed E-state index contributed by atoms with van der Waals surface area (Å²) in [6.07, 6.45) is 1.81. The number of benzene rings is 3. The molecule has 1 atom stereocenters. The van der Waals surface area contributed by atoms with Gasteiger partial charge in [-0.1, -0.05) is 93.6 Å². The molecule has 0 fully saturated rings. The van der Waals surface area contributed by atoms with Crippen molar-refractivity contribution in [1.82, 2.24) is 4.98 Å². The van der Waals surface area contributed by atoms with E-state index in [-0.39, 0.29) is 11.3 Å². The predicted molar refractivity (Wildman–Crippen MR) is 124 cm³/mol. The zero-order valence-electron chi connectivity index (χ0n) is 17.7. The minimum Gasteiger partial charge on any atom is -0.507 e. The van der Waals surface area contributed by atoms with Gasteiger partial charge < -0.3 is 5.11 Å². The Morgan fingerprint density at radius 1 is 0.733 bits per heavy atom. The third-order valence-corrected chi connectivity index (χ3v) is 5.50. The van der Waals surface area contributed by atoms with Crippen molar-refractivity contribution in [2.24, 2.45) is 0 Å². The Kier molecular flexibility index (Phi) is 5.41. The van der Waals surface area contributed by atoms with Crippen LogP contribution in [0.1, 0.15) is 48.9 Å². The Labute approximate surface area is 178 Å². The van der Waals surface area contributed by atoms with Crippen LogP contribution in [0, 0.1) is 0 Å². The second-order valence-corrected chi connectivity index (χ2v) is 8.68. The van der Waals surface area contributed by atoms with Crippen LogP contribution in [0.15, 0.2) is 97.2 Å². The maximum atomic E-state index is 11.3. The lowest BCUT2D eigenvalue weighted by molar-refractivity contribution is 0.439. The summed E-state index contributed by atoms with van der Waals surface area (Å²) in [4.78, 5) is 4.51. The highest BCUT2D eigenvalue weighted by atomic mass is 16.3. The molecule has 0 aliphatic heterocycles. The summed E-state index contributed by atoms with van der Waals surface area (Å²) in [6, 6.07) is 30.9. The number of rotatable bonds is 4. The van der Waals surface area contributed by atoms with E-state index in [1.165, 1.54) is 0 Å².